The van der Waals surface area contributed by atoms with Gasteiger partial charge in [0.15, 0.2) is 0 Å². The monoisotopic (exact) mass is 997 g/mol. The molecule has 0 unspecified atom stereocenters. The van der Waals surface area contributed by atoms with Crippen LogP contribution in [0.1, 0.15) is 193 Å². The Morgan fingerprint density at radius 3 is 0.460 bits per heavy atom. The number of rotatable bonds is 6. The molecule has 0 saturated carbocycles. The van der Waals surface area contributed by atoms with Crippen molar-refractivity contribution in [3.8, 4) is 0 Å². The van der Waals surface area contributed by atoms with Gasteiger partial charge < -0.3 is 0 Å². The smallest absolute Gasteiger partial charge is 0.255 e. The molecule has 0 radical (unpaired) electrons. The topological polar surface area (TPSA) is 172 Å². The third-order valence-corrected chi connectivity index (χ3v) is 12.0. The van der Waals surface area contributed by atoms with Crippen LogP contribution in [0.15, 0.2) is 0 Å². The molecule has 6 aromatic heterocycles. The van der Waals surface area contributed by atoms with Gasteiger partial charge in [-0.3, -0.25) is 30.6 Å². The molecule has 0 aromatic carbocycles. The fourth-order valence-electron chi connectivity index (χ4n) is 9.04. The van der Waals surface area contributed by atoms with E-state index in [1.165, 1.54) is 32.8 Å². The Morgan fingerprint density at radius 1 is 0.254 bits per heavy atom. The third-order valence-electron chi connectivity index (χ3n) is 12.0. The summed E-state index contributed by atoms with van der Waals surface area (Å²) >= 11 is 0. The van der Waals surface area contributed by atoms with Crippen LogP contribution in [-0.2, 0) is 32.5 Å². The average Bonchev–Trinajstić information content (AvgIpc) is 3.94. The second-order valence-corrected chi connectivity index (χ2v) is 24.0. The van der Waals surface area contributed by atoms with Crippen LogP contribution in [0.2, 0.25) is 0 Å². The average molecular weight is 995 g/mol. The zero-order valence-corrected chi connectivity index (χ0v) is 45.9. The number of aryl methyl sites for hydroxylation is 6. The van der Waals surface area contributed by atoms with Gasteiger partial charge in [-0.05, 0) is 74.3 Å². The molecule has 0 fully saturated rings. The molecule has 0 aliphatic rings. The molecule has 342 valence electrons. The van der Waals surface area contributed by atoms with Crippen molar-refractivity contribution < 1.29 is 40.4 Å². The van der Waals surface area contributed by atoms with Crippen LogP contribution in [-0.4, -0.2) is 74.6 Å². The summed E-state index contributed by atoms with van der Waals surface area (Å²) < 4.78 is 0. The largest absolute Gasteiger partial charge is 0.283 e. The summed E-state index contributed by atoms with van der Waals surface area (Å²) in [5.74, 6) is 0. The molecule has 0 bridgehead atoms. The normalized spacial score (nSPS) is 13.0. The van der Waals surface area contributed by atoms with Gasteiger partial charge in [0.05, 0.1) is 34.2 Å². The van der Waals surface area contributed by atoms with E-state index in [0.717, 1.165) is 68.3 Å². The summed E-state index contributed by atoms with van der Waals surface area (Å²) in [5, 5.41) is 48.5. The van der Waals surface area contributed by atoms with Gasteiger partial charge in [0.25, 0.3) is 13.4 Å². The molecule has 6 N–H and O–H groups in total. The molecule has 0 saturated heterocycles. The molecule has 0 spiro atoms. The van der Waals surface area contributed by atoms with Gasteiger partial charge in [-0.1, -0.05) is 125 Å². The molecule has 6 heterocycles. The second kappa shape index (κ2) is 17.8. The van der Waals surface area contributed by atoms with Crippen molar-refractivity contribution in [1.82, 2.24) is 61.2 Å². The summed E-state index contributed by atoms with van der Waals surface area (Å²) in [6.45, 7) is 52.8. The van der Waals surface area contributed by atoms with Gasteiger partial charge in [-0.2, -0.15) is 30.6 Å². The Morgan fingerprint density at radius 2 is 0.365 bits per heavy atom. The van der Waals surface area contributed by atoms with Crippen molar-refractivity contribution in [3.05, 3.63) is 68.3 Å². The van der Waals surface area contributed by atoms with Crippen molar-refractivity contribution in [3.63, 3.8) is 0 Å². The van der Waals surface area contributed by atoms with Crippen molar-refractivity contribution >= 4 is 46.2 Å². The molecular weight excluding hydrogens is 917 g/mol. The van der Waals surface area contributed by atoms with Gasteiger partial charge in [0, 0.05) is 107 Å². The van der Waals surface area contributed by atoms with Gasteiger partial charge in [0.1, 0.15) is 0 Å². The first kappa shape index (κ1) is 52.4. The van der Waals surface area contributed by atoms with E-state index in [0.29, 0.717) is 0 Å². The molecule has 12 nitrogen and oxygen atoms in total. The van der Waals surface area contributed by atoms with E-state index in [-0.39, 0.29) is 86.3 Å². The quantitative estimate of drug-likeness (QED) is 0.106. The number of hydrogen-bond acceptors (Lipinski definition) is 6. The van der Waals surface area contributed by atoms with E-state index in [2.05, 4.69) is 197 Å². The standard InChI is InChI=1S/2C24H39BN6.Sm/c2*1-13-16(19(29-26-13)22(4,5)6)25(17-14(2)27-30-20(17)23(7,8)9)18-15(3)28-31-21(18)24(10,11)12;/h2*1-12H3,(H,26,29)(H,27,30)(H,28,31);. The Labute approximate surface area is 411 Å². The molecule has 0 aliphatic heterocycles. The van der Waals surface area contributed by atoms with Crippen LogP contribution in [0.25, 0.3) is 0 Å². The van der Waals surface area contributed by atoms with Gasteiger partial charge in [-0.25, -0.2) is 0 Å². The number of nitrogens with one attached hydrogen (secondary N) is 6. The van der Waals surface area contributed by atoms with E-state index in [1.54, 1.807) is 0 Å². The first-order valence-electron chi connectivity index (χ1n) is 22.4. The minimum atomic E-state index is -0.0998. The number of nitrogens with zero attached hydrogens (tertiary/aromatic N) is 6. The summed E-state index contributed by atoms with van der Waals surface area (Å²) in [5.41, 5.74) is 19.9. The van der Waals surface area contributed by atoms with Crippen molar-refractivity contribution in [2.24, 2.45) is 0 Å². The summed E-state index contributed by atoms with van der Waals surface area (Å²) in [7, 11) is 0. The van der Waals surface area contributed by atoms with Crippen LogP contribution in [0.3, 0.4) is 0 Å². The van der Waals surface area contributed by atoms with Crippen molar-refractivity contribution in [1.29, 1.82) is 0 Å². The first-order chi connectivity index (χ1) is 28.1. The van der Waals surface area contributed by atoms with E-state index in [9.17, 15) is 0 Å². The Balaban J connectivity index is 0.000000272. The molecule has 6 aromatic rings. The maximum Gasteiger partial charge on any atom is 0.255 e. The zero-order valence-electron chi connectivity index (χ0n) is 43.2. The summed E-state index contributed by atoms with van der Waals surface area (Å²) in [6, 6.07) is 0. The Kier molecular flexibility index (Phi) is 14.8. The van der Waals surface area contributed by atoms with Crippen LogP contribution in [0, 0.1) is 81.9 Å². The second-order valence-electron chi connectivity index (χ2n) is 24.0. The van der Waals surface area contributed by atoms with Crippen LogP contribution < -0.4 is 32.8 Å². The van der Waals surface area contributed by atoms with Crippen molar-refractivity contribution in [2.75, 3.05) is 0 Å². The van der Waals surface area contributed by atoms with E-state index < -0.39 is 0 Å². The van der Waals surface area contributed by atoms with E-state index in [4.69, 9.17) is 30.6 Å². The number of aromatic amines is 6. The predicted octanol–water partition coefficient (Wildman–Crippen LogP) is 6.38. The van der Waals surface area contributed by atoms with E-state index >= 15 is 0 Å². The summed E-state index contributed by atoms with van der Waals surface area (Å²) in [4.78, 5) is 0. The zero-order chi connectivity index (χ0) is 47.0. The predicted molar refractivity (Wildman–Crippen MR) is 261 cm³/mol. The Bertz CT molecular complexity index is 2060. The molecule has 15 heteroatoms. The minimum Gasteiger partial charge on any atom is -0.283 e. The minimum absolute atomic E-state index is 0. The molecule has 63 heavy (non-hydrogen) atoms. The maximum absolute atomic E-state index is 4.78. The molecular formula is C48H78B2N12Sm. The van der Waals surface area contributed by atoms with E-state index in [1.807, 2.05) is 0 Å². The van der Waals surface area contributed by atoms with Gasteiger partial charge >= 0.3 is 0 Å². The molecule has 6 rings (SSSR count). The van der Waals surface area contributed by atoms with Crippen molar-refractivity contribution in [2.45, 2.75) is 199 Å². The SMILES string of the molecule is Cc1[nH]nc(C(C)(C)C)c1B(c1c(C(C)(C)C)n[nH]c1C)c1c(C(C)(C)C)n[nH]c1C.Cc1[nH]nc(C(C)(C)C)c1B(c1c(C(C)(C)C)n[nH]c1C)c1c(C(C)(C)C)n[nH]c1C.[Sm]. The fraction of sp³-hybridized carbons (Fsp3) is 0.625. The van der Waals surface area contributed by atoms with Crippen LogP contribution >= 0.6 is 0 Å². The number of aromatic nitrogens is 12. The Hall–Kier alpha value is -3.27. The molecule has 0 amide bonds. The van der Waals surface area contributed by atoms with Gasteiger partial charge in [0.2, 0.25) is 0 Å². The fourth-order valence-corrected chi connectivity index (χ4v) is 9.04. The maximum atomic E-state index is 4.78. The van der Waals surface area contributed by atoms with Gasteiger partial charge in [-0.15, -0.1) is 0 Å². The molecule has 0 atom stereocenters. The number of H-pyrrole nitrogens is 6. The van der Waals surface area contributed by atoms with Crippen LogP contribution in [0.5, 0.6) is 0 Å². The summed E-state index contributed by atoms with van der Waals surface area (Å²) in [6.07, 6.45) is 0. The third kappa shape index (κ3) is 10.4. The van der Waals surface area contributed by atoms with Crippen LogP contribution in [0.4, 0.5) is 0 Å². The molecule has 0 aliphatic carbocycles. The first-order valence-corrected chi connectivity index (χ1v) is 22.4. The number of hydrogen-bond donors (Lipinski definition) is 6.